The Bertz CT molecular complexity index is 757. The number of hydrogen-bond donors (Lipinski definition) is 7. The van der Waals surface area contributed by atoms with Crippen LogP contribution in [0.5, 0.6) is 0 Å². The molecule has 1 aromatic rings. The third-order valence-electron chi connectivity index (χ3n) is 4.29. The Hall–Kier alpha value is -3.68. The summed E-state index contributed by atoms with van der Waals surface area (Å²) in [6.45, 7) is 0.450. The van der Waals surface area contributed by atoms with E-state index >= 15 is 0 Å². The van der Waals surface area contributed by atoms with Crippen LogP contribution in [-0.2, 0) is 30.3 Å². The van der Waals surface area contributed by atoms with E-state index < -0.39 is 42.7 Å². The van der Waals surface area contributed by atoms with Crippen LogP contribution in [0, 0.1) is 0 Å². The van der Waals surface area contributed by atoms with Crippen molar-refractivity contribution in [2.24, 2.45) is 5.73 Å². The van der Waals surface area contributed by atoms with E-state index in [1.165, 1.54) is 6.33 Å². The number of aromatic amines is 1. The van der Waals surface area contributed by atoms with Crippen molar-refractivity contribution in [1.29, 1.82) is 0 Å². The molecule has 3 atom stereocenters. The predicted octanol–water partition coefficient (Wildman–Crippen LogP) is -1.32. The van der Waals surface area contributed by atoms with E-state index in [1.807, 2.05) is 0 Å². The number of aromatic nitrogens is 2. The molecule has 0 spiro atoms. The fourth-order valence-electron chi connectivity index (χ4n) is 2.64. The number of nitrogens with zero attached hydrogens (tertiary/aromatic N) is 1. The number of ether oxygens (including phenoxy) is 1. The minimum absolute atomic E-state index is 0.139. The Balaban J connectivity index is 2.33. The molecule has 14 heteroatoms. The summed E-state index contributed by atoms with van der Waals surface area (Å²) in [5.74, 6) is -2.93. The van der Waals surface area contributed by atoms with Gasteiger partial charge in [-0.25, -0.2) is 14.6 Å². The molecule has 0 saturated carbocycles. The Morgan fingerprint density at radius 3 is 2.53 bits per heavy atom. The van der Waals surface area contributed by atoms with Crippen molar-refractivity contribution in [3.05, 3.63) is 18.2 Å². The summed E-state index contributed by atoms with van der Waals surface area (Å²) in [6.07, 6.45) is 2.76. The zero-order valence-corrected chi connectivity index (χ0v) is 17.3. The summed E-state index contributed by atoms with van der Waals surface area (Å²) in [5, 5.41) is 24.8. The van der Waals surface area contributed by atoms with E-state index in [4.69, 9.17) is 20.7 Å². The lowest BCUT2D eigenvalue weighted by Gasteiger charge is -2.19. The molecular weight excluding hydrogens is 428 g/mol. The highest BCUT2D eigenvalue weighted by molar-refractivity contribution is 5.83. The Labute approximate surface area is 183 Å². The van der Waals surface area contributed by atoms with E-state index in [9.17, 15) is 24.0 Å². The van der Waals surface area contributed by atoms with Gasteiger partial charge in [-0.2, -0.15) is 0 Å². The molecule has 0 fully saturated rings. The topological polar surface area (TPSA) is 226 Å². The van der Waals surface area contributed by atoms with Crippen molar-refractivity contribution in [3.63, 3.8) is 0 Å². The van der Waals surface area contributed by atoms with Gasteiger partial charge >= 0.3 is 18.0 Å². The molecule has 32 heavy (non-hydrogen) atoms. The highest BCUT2D eigenvalue weighted by Crippen LogP contribution is 2.03. The molecular formula is C18H28N6O8. The van der Waals surface area contributed by atoms with Crippen molar-refractivity contribution < 1.29 is 38.9 Å². The summed E-state index contributed by atoms with van der Waals surface area (Å²) in [4.78, 5) is 63.0. The van der Waals surface area contributed by atoms with Gasteiger partial charge in [0.2, 0.25) is 5.91 Å². The number of carboxylic acids is 2. The summed E-state index contributed by atoms with van der Waals surface area (Å²) < 4.78 is 4.77. The summed E-state index contributed by atoms with van der Waals surface area (Å²) in [5.41, 5.74) is 6.55. The van der Waals surface area contributed by atoms with Crippen LogP contribution in [0.3, 0.4) is 0 Å². The number of carboxylic acid groups (broad SMARTS) is 2. The molecule has 1 rings (SSSR count). The number of hydrogen-bond acceptors (Lipinski definition) is 8. The highest BCUT2D eigenvalue weighted by atomic mass is 16.5. The maximum Gasteiger partial charge on any atom is 0.326 e. The van der Waals surface area contributed by atoms with Crippen LogP contribution >= 0.6 is 0 Å². The van der Waals surface area contributed by atoms with Crippen LogP contribution in [0.15, 0.2) is 12.5 Å². The number of urea groups is 1. The summed E-state index contributed by atoms with van der Waals surface area (Å²) >= 11 is 0. The van der Waals surface area contributed by atoms with Crippen molar-refractivity contribution in [1.82, 2.24) is 25.9 Å². The quantitative estimate of drug-likeness (QED) is 0.0881. The fourth-order valence-corrected chi connectivity index (χ4v) is 2.64. The van der Waals surface area contributed by atoms with Crippen LogP contribution < -0.4 is 21.7 Å². The van der Waals surface area contributed by atoms with Crippen molar-refractivity contribution in [3.8, 4) is 0 Å². The van der Waals surface area contributed by atoms with E-state index in [0.717, 1.165) is 5.69 Å². The molecule has 1 heterocycles. The number of H-pyrrole nitrogens is 1. The molecule has 0 aliphatic rings. The molecule has 0 radical (unpaired) electrons. The van der Waals surface area contributed by atoms with E-state index in [-0.39, 0.29) is 25.2 Å². The predicted molar refractivity (Wildman–Crippen MR) is 108 cm³/mol. The zero-order valence-electron chi connectivity index (χ0n) is 17.3. The maximum absolute atomic E-state index is 12.0. The Morgan fingerprint density at radius 2 is 1.94 bits per heavy atom. The van der Waals surface area contributed by atoms with Crippen LogP contribution in [-0.4, -0.2) is 75.4 Å². The van der Waals surface area contributed by atoms with Crippen molar-refractivity contribution in [2.75, 3.05) is 6.54 Å². The molecule has 14 nitrogen and oxygen atoms in total. The molecule has 0 bridgehead atoms. The number of aliphatic carboxylic acids is 2. The van der Waals surface area contributed by atoms with Gasteiger partial charge in [-0.3, -0.25) is 14.4 Å². The number of imidazole rings is 1. The van der Waals surface area contributed by atoms with Gasteiger partial charge in [-0.05, 0) is 19.3 Å². The summed E-state index contributed by atoms with van der Waals surface area (Å²) in [7, 11) is 0. The largest absolute Gasteiger partial charge is 0.481 e. The molecule has 3 amide bonds. The third kappa shape index (κ3) is 10.9. The number of amides is 3. The van der Waals surface area contributed by atoms with Crippen LogP contribution in [0.4, 0.5) is 4.79 Å². The number of nitrogens with one attached hydrogen (secondary N) is 4. The Kier molecular flexibility index (Phi) is 11.8. The monoisotopic (exact) mass is 456 g/mol. The lowest BCUT2D eigenvalue weighted by Crippen LogP contribution is -2.49. The molecule has 0 unspecified atom stereocenters. The van der Waals surface area contributed by atoms with Crippen LogP contribution in [0.25, 0.3) is 0 Å². The number of carbonyl (C=O) groups excluding carboxylic acids is 3. The SMILES string of the molecule is N[C@@H](Cc1cnc[nH]1)C(=O)NCCCC[C@H](NC(=O)N[C@@H](CCC(=O)O)C(=O)O)OC=O. The molecule has 0 aliphatic carbocycles. The maximum atomic E-state index is 12.0. The molecule has 8 N–H and O–H groups in total. The van der Waals surface area contributed by atoms with E-state index in [2.05, 4.69) is 25.9 Å². The smallest absolute Gasteiger partial charge is 0.326 e. The number of unbranched alkanes of at least 4 members (excludes halogenated alkanes) is 1. The molecule has 178 valence electrons. The lowest BCUT2D eigenvalue weighted by atomic mass is 10.1. The van der Waals surface area contributed by atoms with Crippen LogP contribution in [0.1, 0.15) is 37.8 Å². The zero-order chi connectivity index (χ0) is 23.9. The number of carbonyl (C=O) groups is 5. The van der Waals surface area contributed by atoms with Gasteiger partial charge in [0.1, 0.15) is 6.04 Å². The van der Waals surface area contributed by atoms with Gasteiger partial charge in [-0.1, -0.05) is 0 Å². The first-order valence-electron chi connectivity index (χ1n) is 9.84. The van der Waals surface area contributed by atoms with Gasteiger partial charge < -0.3 is 41.6 Å². The van der Waals surface area contributed by atoms with Crippen LogP contribution in [0.2, 0.25) is 0 Å². The fraction of sp³-hybridized carbons (Fsp3) is 0.556. The average Bonchev–Trinajstić information content (AvgIpc) is 3.23. The van der Waals surface area contributed by atoms with Crippen molar-refractivity contribution >= 4 is 30.3 Å². The average molecular weight is 456 g/mol. The van der Waals surface area contributed by atoms with Gasteiger partial charge in [-0.15, -0.1) is 0 Å². The highest BCUT2D eigenvalue weighted by Gasteiger charge is 2.22. The minimum Gasteiger partial charge on any atom is -0.481 e. The lowest BCUT2D eigenvalue weighted by molar-refractivity contribution is -0.141. The van der Waals surface area contributed by atoms with Gasteiger partial charge in [0.25, 0.3) is 6.47 Å². The Morgan fingerprint density at radius 1 is 1.19 bits per heavy atom. The van der Waals surface area contributed by atoms with E-state index in [0.29, 0.717) is 25.8 Å². The first-order chi connectivity index (χ1) is 15.2. The van der Waals surface area contributed by atoms with Gasteiger partial charge in [0.05, 0.1) is 12.4 Å². The second-order valence-corrected chi connectivity index (χ2v) is 6.84. The minimum atomic E-state index is -1.41. The van der Waals surface area contributed by atoms with E-state index in [1.54, 1.807) is 6.20 Å². The molecule has 0 aliphatic heterocycles. The number of rotatable bonds is 16. The second-order valence-electron chi connectivity index (χ2n) is 6.84. The molecule has 1 aromatic heterocycles. The normalized spacial score (nSPS) is 13.3. The summed E-state index contributed by atoms with van der Waals surface area (Å²) in [6, 6.07) is -3.08. The van der Waals surface area contributed by atoms with Crippen molar-refractivity contribution in [2.45, 2.75) is 56.8 Å². The van der Waals surface area contributed by atoms with Gasteiger partial charge in [0.15, 0.2) is 6.23 Å². The molecule has 0 aromatic carbocycles. The first kappa shape index (κ1) is 26.4. The first-order valence-corrected chi connectivity index (χ1v) is 9.84. The number of nitrogens with two attached hydrogens (primary N) is 1. The molecule has 0 saturated heterocycles. The third-order valence-corrected chi connectivity index (χ3v) is 4.29. The second kappa shape index (κ2) is 14.3. The van der Waals surface area contributed by atoms with Gasteiger partial charge in [0, 0.05) is 37.7 Å². The standard InChI is InChI=1S/C18H28N6O8/c19-12(7-11-8-20-9-22-11)16(28)21-6-2-1-3-14(32-10-25)24-18(31)23-13(17(29)30)4-5-15(26)27/h8-10,12-14H,1-7,19H2,(H,20,22)(H,21,28)(H,26,27)(H,29,30)(H2,23,24,31)/t12-,13-,14+/m0/s1.